The second-order valence-electron chi connectivity index (χ2n) is 5.40. The average Bonchev–Trinajstić information content (AvgIpc) is 2.31. The fourth-order valence-corrected chi connectivity index (χ4v) is 1.44. The van der Waals surface area contributed by atoms with Gasteiger partial charge in [0.1, 0.15) is 0 Å². The molecule has 0 aromatic carbocycles. The average molecular weight is 254 g/mol. The summed E-state index contributed by atoms with van der Waals surface area (Å²) in [6.07, 6.45) is 8.83. The molecule has 0 amide bonds. The highest BCUT2D eigenvalue weighted by Crippen LogP contribution is 2.02. The van der Waals surface area contributed by atoms with Crippen LogP contribution in [0.4, 0.5) is 0 Å². The maximum absolute atomic E-state index is 4.12. The van der Waals surface area contributed by atoms with Crippen LogP contribution in [-0.2, 0) is 0 Å². The molecule has 0 aliphatic rings. The molecule has 0 aliphatic carbocycles. The van der Waals surface area contributed by atoms with Gasteiger partial charge in [0.15, 0.2) is 0 Å². The molecule has 0 radical (unpaired) electrons. The second-order valence-corrected chi connectivity index (χ2v) is 5.40. The van der Waals surface area contributed by atoms with Gasteiger partial charge >= 0.3 is 0 Å². The Hall–Kier alpha value is -0.660. The van der Waals surface area contributed by atoms with Crippen molar-refractivity contribution in [2.45, 2.75) is 67.2 Å². The van der Waals surface area contributed by atoms with E-state index < -0.39 is 0 Å². The summed E-state index contributed by atoms with van der Waals surface area (Å²) in [5.41, 5.74) is 0. The Kier molecular flexibility index (Phi) is 17.9. The van der Waals surface area contributed by atoms with Gasteiger partial charge in [0, 0.05) is 13.1 Å². The highest BCUT2D eigenvalue weighted by molar-refractivity contribution is 5.53. The predicted molar refractivity (Wildman–Crippen MR) is 86.2 cm³/mol. The Bertz CT molecular complexity index is 171. The zero-order valence-corrected chi connectivity index (χ0v) is 13.4. The van der Waals surface area contributed by atoms with Crippen molar-refractivity contribution in [2.75, 3.05) is 13.1 Å². The number of hydrogen-bond acceptors (Lipinski definition) is 2. The van der Waals surface area contributed by atoms with Crippen LogP contribution in [0, 0.1) is 11.8 Å². The van der Waals surface area contributed by atoms with Crippen molar-refractivity contribution >= 4 is 12.4 Å². The van der Waals surface area contributed by atoms with E-state index in [4.69, 9.17) is 0 Å². The zero-order valence-electron chi connectivity index (χ0n) is 13.4. The third-order valence-corrected chi connectivity index (χ3v) is 2.50. The minimum Gasteiger partial charge on any atom is -0.298 e. The monoisotopic (exact) mass is 254 g/mol. The summed E-state index contributed by atoms with van der Waals surface area (Å²) in [5.74, 6) is 1.66. The third kappa shape index (κ3) is 24.5. The molecule has 0 atom stereocenters. The first-order chi connectivity index (χ1) is 8.54. The highest BCUT2D eigenvalue weighted by Gasteiger charge is 1.91. The standard InChI is InChI=1S/2C8H17N/c2*1-4-9-7-5-6-8(2)3/h2*4,8H,5-7H2,1-3H3. The van der Waals surface area contributed by atoms with E-state index in [1.807, 2.05) is 26.3 Å². The van der Waals surface area contributed by atoms with Gasteiger partial charge in [0.25, 0.3) is 0 Å². The van der Waals surface area contributed by atoms with Crippen LogP contribution < -0.4 is 0 Å². The molecule has 0 heterocycles. The summed E-state index contributed by atoms with van der Waals surface area (Å²) in [4.78, 5) is 8.24. The van der Waals surface area contributed by atoms with Crippen LogP contribution >= 0.6 is 0 Å². The third-order valence-electron chi connectivity index (χ3n) is 2.50. The van der Waals surface area contributed by atoms with Crippen LogP contribution in [-0.4, -0.2) is 25.5 Å². The number of nitrogens with zero attached hydrogens (tertiary/aromatic N) is 2. The first-order valence-corrected chi connectivity index (χ1v) is 7.43. The van der Waals surface area contributed by atoms with E-state index in [1.165, 1.54) is 25.7 Å². The van der Waals surface area contributed by atoms with Gasteiger partial charge < -0.3 is 0 Å². The molecule has 0 aliphatic heterocycles. The van der Waals surface area contributed by atoms with Gasteiger partial charge in [-0.2, -0.15) is 0 Å². The lowest BCUT2D eigenvalue weighted by molar-refractivity contribution is 0.562. The van der Waals surface area contributed by atoms with Crippen LogP contribution in [0.3, 0.4) is 0 Å². The highest BCUT2D eigenvalue weighted by atomic mass is 14.7. The molecule has 0 N–H and O–H groups in total. The molecule has 0 spiro atoms. The summed E-state index contributed by atoms with van der Waals surface area (Å²) in [7, 11) is 0. The first kappa shape index (κ1) is 19.7. The Morgan fingerprint density at radius 1 is 0.722 bits per heavy atom. The molecule has 0 rings (SSSR count). The molecule has 0 saturated heterocycles. The molecule has 0 unspecified atom stereocenters. The van der Waals surface area contributed by atoms with Crippen molar-refractivity contribution in [3.8, 4) is 0 Å². The van der Waals surface area contributed by atoms with E-state index in [0.717, 1.165) is 24.9 Å². The van der Waals surface area contributed by atoms with Gasteiger partial charge in [0.05, 0.1) is 0 Å². The number of aliphatic imine (C=N–C) groups is 2. The summed E-state index contributed by atoms with van der Waals surface area (Å²) < 4.78 is 0. The van der Waals surface area contributed by atoms with Gasteiger partial charge in [-0.25, -0.2) is 0 Å². The molecular weight excluding hydrogens is 220 g/mol. The van der Waals surface area contributed by atoms with Crippen molar-refractivity contribution in [1.29, 1.82) is 0 Å². The molecule has 0 saturated carbocycles. The topological polar surface area (TPSA) is 24.7 Å². The van der Waals surface area contributed by atoms with Gasteiger partial charge in [-0.1, -0.05) is 27.7 Å². The lowest BCUT2D eigenvalue weighted by Crippen LogP contribution is -1.88. The molecule has 0 aromatic heterocycles. The van der Waals surface area contributed by atoms with Crippen molar-refractivity contribution in [3.63, 3.8) is 0 Å². The minimum absolute atomic E-state index is 0.831. The smallest absolute Gasteiger partial charge is 0.0385 e. The number of hydrogen-bond donors (Lipinski definition) is 0. The lowest BCUT2D eigenvalue weighted by atomic mass is 10.1. The second kappa shape index (κ2) is 16.3. The largest absolute Gasteiger partial charge is 0.298 e. The first-order valence-electron chi connectivity index (χ1n) is 7.43. The van der Waals surface area contributed by atoms with Gasteiger partial charge in [0.2, 0.25) is 0 Å². The maximum atomic E-state index is 4.12. The minimum atomic E-state index is 0.831. The zero-order chi connectivity index (χ0) is 14.2. The fourth-order valence-electron chi connectivity index (χ4n) is 1.44. The molecule has 18 heavy (non-hydrogen) atoms. The summed E-state index contributed by atoms with van der Waals surface area (Å²) in [5, 5.41) is 0. The molecule has 0 bridgehead atoms. The lowest BCUT2D eigenvalue weighted by Gasteiger charge is -1.99. The molecular formula is C16H34N2. The fraction of sp³-hybridized carbons (Fsp3) is 0.875. The number of rotatable bonds is 8. The van der Waals surface area contributed by atoms with Crippen molar-refractivity contribution in [1.82, 2.24) is 0 Å². The van der Waals surface area contributed by atoms with E-state index in [9.17, 15) is 0 Å². The summed E-state index contributed by atoms with van der Waals surface area (Å²) in [6.45, 7) is 14.9. The van der Waals surface area contributed by atoms with E-state index in [1.54, 1.807) is 0 Å². The maximum Gasteiger partial charge on any atom is 0.0385 e. The predicted octanol–water partition coefficient (Wildman–Crippen LogP) is 5.03. The molecule has 2 heteroatoms. The van der Waals surface area contributed by atoms with E-state index in [2.05, 4.69) is 37.7 Å². The van der Waals surface area contributed by atoms with Crippen molar-refractivity contribution < 1.29 is 0 Å². The van der Waals surface area contributed by atoms with Crippen LogP contribution in [0.1, 0.15) is 67.2 Å². The van der Waals surface area contributed by atoms with Gasteiger partial charge in [-0.05, 0) is 63.8 Å². The molecule has 0 fully saturated rings. The quantitative estimate of drug-likeness (QED) is 0.429. The van der Waals surface area contributed by atoms with Gasteiger partial charge in [-0.15, -0.1) is 0 Å². The Morgan fingerprint density at radius 3 is 1.28 bits per heavy atom. The normalized spacial score (nSPS) is 11.6. The van der Waals surface area contributed by atoms with E-state index in [-0.39, 0.29) is 0 Å². The van der Waals surface area contributed by atoms with Crippen molar-refractivity contribution in [2.24, 2.45) is 21.8 Å². The van der Waals surface area contributed by atoms with Gasteiger partial charge in [-0.3, -0.25) is 9.98 Å². The Morgan fingerprint density at radius 2 is 1.06 bits per heavy atom. The van der Waals surface area contributed by atoms with Crippen LogP contribution in [0.2, 0.25) is 0 Å². The van der Waals surface area contributed by atoms with Crippen LogP contribution in [0.25, 0.3) is 0 Å². The van der Waals surface area contributed by atoms with Crippen LogP contribution in [0.5, 0.6) is 0 Å². The van der Waals surface area contributed by atoms with Crippen LogP contribution in [0.15, 0.2) is 9.98 Å². The molecule has 0 aromatic rings. The Labute approximate surface area is 115 Å². The summed E-state index contributed by atoms with van der Waals surface area (Å²) in [6, 6.07) is 0. The Balaban J connectivity index is 0. The SMILES string of the molecule is CC=NCCCC(C)C.CC=NCCCC(C)C. The summed E-state index contributed by atoms with van der Waals surface area (Å²) >= 11 is 0. The molecule has 108 valence electrons. The van der Waals surface area contributed by atoms with E-state index in [0.29, 0.717) is 0 Å². The van der Waals surface area contributed by atoms with E-state index >= 15 is 0 Å². The molecule has 2 nitrogen and oxygen atoms in total. The van der Waals surface area contributed by atoms with Crippen molar-refractivity contribution in [3.05, 3.63) is 0 Å².